The van der Waals surface area contributed by atoms with E-state index in [2.05, 4.69) is 5.32 Å². The first kappa shape index (κ1) is 19.6. The van der Waals surface area contributed by atoms with Crippen molar-refractivity contribution in [3.05, 3.63) is 29.8 Å². The molecule has 0 bridgehead atoms. The molecule has 1 aliphatic rings. The fourth-order valence-corrected chi connectivity index (χ4v) is 2.48. The largest absolute Gasteiger partial charge is 0.492 e. The molecular formula is C15H20ClF3N2O2. The van der Waals surface area contributed by atoms with Crippen molar-refractivity contribution in [3.63, 3.8) is 0 Å². The molecule has 2 unspecified atom stereocenters. The number of amides is 1. The normalized spacial score (nSPS) is 20.7. The van der Waals surface area contributed by atoms with Crippen LogP contribution in [0.3, 0.4) is 0 Å². The number of nitrogens with two attached hydrogens (primary N) is 1. The van der Waals surface area contributed by atoms with Gasteiger partial charge in [0, 0.05) is 12.0 Å². The zero-order valence-corrected chi connectivity index (χ0v) is 13.3. The highest BCUT2D eigenvalue weighted by atomic mass is 35.5. The minimum atomic E-state index is -4.35. The number of halogens is 4. The molecule has 3 N–H and O–H groups in total. The van der Waals surface area contributed by atoms with Gasteiger partial charge in [0.2, 0.25) is 5.91 Å². The van der Waals surface area contributed by atoms with E-state index in [-0.39, 0.29) is 36.9 Å². The average molecular weight is 353 g/mol. The molecule has 1 aromatic rings. The molecule has 0 heterocycles. The average Bonchev–Trinajstić information content (AvgIpc) is 2.89. The summed E-state index contributed by atoms with van der Waals surface area (Å²) in [5.41, 5.74) is 5.03. The smallest absolute Gasteiger partial charge is 0.416 e. The van der Waals surface area contributed by atoms with Crippen LogP contribution in [0.2, 0.25) is 0 Å². The molecule has 1 aromatic carbocycles. The summed E-state index contributed by atoms with van der Waals surface area (Å²) < 4.78 is 42.5. The van der Waals surface area contributed by atoms with Gasteiger partial charge < -0.3 is 15.8 Å². The lowest BCUT2D eigenvalue weighted by molar-refractivity contribution is -0.137. The molecule has 0 saturated heterocycles. The van der Waals surface area contributed by atoms with Crippen LogP contribution >= 0.6 is 12.4 Å². The minimum Gasteiger partial charge on any atom is -0.492 e. The van der Waals surface area contributed by atoms with E-state index in [1.165, 1.54) is 12.1 Å². The molecule has 8 heteroatoms. The number of hydrogen-bond acceptors (Lipinski definition) is 3. The lowest BCUT2D eigenvalue weighted by Crippen LogP contribution is -2.33. The first-order chi connectivity index (χ1) is 10.4. The Bertz CT molecular complexity index is 508. The summed E-state index contributed by atoms with van der Waals surface area (Å²) in [5, 5.41) is 2.75. The summed E-state index contributed by atoms with van der Waals surface area (Å²) in [7, 11) is 0. The van der Waals surface area contributed by atoms with Crippen molar-refractivity contribution >= 4 is 18.3 Å². The van der Waals surface area contributed by atoms with E-state index in [1.54, 1.807) is 0 Å². The van der Waals surface area contributed by atoms with Crippen LogP contribution in [-0.2, 0) is 11.0 Å². The second-order valence-electron chi connectivity index (χ2n) is 5.43. The molecule has 1 fully saturated rings. The second-order valence-corrected chi connectivity index (χ2v) is 5.43. The van der Waals surface area contributed by atoms with Crippen LogP contribution in [0.1, 0.15) is 24.8 Å². The monoisotopic (exact) mass is 352 g/mol. The van der Waals surface area contributed by atoms with Gasteiger partial charge in [-0.1, -0.05) is 0 Å². The Morgan fingerprint density at radius 1 is 1.26 bits per heavy atom. The molecule has 2 atom stereocenters. The lowest BCUT2D eigenvalue weighted by Gasteiger charge is -2.12. The van der Waals surface area contributed by atoms with E-state index >= 15 is 0 Å². The van der Waals surface area contributed by atoms with Crippen molar-refractivity contribution in [2.75, 3.05) is 13.2 Å². The van der Waals surface area contributed by atoms with Crippen molar-refractivity contribution in [2.24, 2.45) is 11.7 Å². The zero-order valence-electron chi connectivity index (χ0n) is 12.4. The number of benzene rings is 1. The van der Waals surface area contributed by atoms with Crippen LogP contribution in [0.25, 0.3) is 0 Å². The standard InChI is InChI=1S/C15H19F3N2O2.ClH/c16-15(17,18)11-2-5-13(6-3-11)22-8-7-20-14(21)10-1-4-12(19)9-10;/h2-3,5-6,10,12H,1,4,7-9,19H2,(H,20,21);1H. The van der Waals surface area contributed by atoms with E-state index in [9.17, 15) is 18.0 Å². The van der Waals surface area contributed by atoms with Crippen molar-refractivity contribution in [3.8, 4) is 5.75 Å². The highest BCUT2D eigenvalue weighted by Gasteiger charge is 2.30. The van der Waals surface area contributed by atoms with Gasteiger partial charge in [0.1, 0.15) is 12.4 Å². The minimum absolute atomic E-state index is 0. The van der Waals surface area contributed by atoms with Crippen molar-refractivity contribution in [2.45, 2.75) is 31.5 Å². The summed E-state index contributed by atoms with van der Waals surface area (Å²) in [6, 6.07) is 4.56. The molecule has 0 aromatic heterocycles. The molecule has 1 saturated carbocycles. The fraction of sp³-hybridized carbons (Fsp3) is 0.533. The molecule has 4 nitrogen and oxygen atoms in total. The predicted molar refractivity (Wildman–Crippen MR) is 82.5 cm³/mol. The Morgan fingerprint density at radius 2 is 1.91 bits per heavy atom. The van der Waals surface area contributed by atoms with E-state index < -0.39 is 11.7 Å². The van der Waals surface area contributed by atoms with Gasteiger partial charge in [-0.05, 0) is 43.5 Å². The van der Waals surface area contributed by atoms with Gasteiger partial charge in [0.15, 0.2) is 0 Å². The fourth-order valence-electron chi connectivity index (χ4n) is 2.48. The number of alkyl halides is 3. The van der Waals surface area contributed by atoms with Crippen LogP contribution in [0.15, 0.2) is 24.3 Å². The van der Waals surface area contributed by atoms with Crippen molar-refractivity contribution in [1.82, 2.24) is 5.32 Å². The van der Waals surface area contributed by atoms with Gasteiger partial charge in [0.05, 0.1) is 12.1 Å². The van der Waals surface area contributed by atoms with E-state index in [0.29, 0.717) is 18.7 Å². The third-order valence-electron chi connectivity index (χ3n) is 3.70. The maximum Gasteiger partial charge on any atom is 0.416 e. The highest BCUT2D eigenvalue weighted by Crippen LogP contribution is 2.30. The first-order valence-corrected chi connectivity index (χ1v) is 7.19. The maximum atomic E-state index is 12.4. The molecular weight excluding hydrogens is 333 g/mol. The van der Waals surface area contributed by atoms with Crippen LogP contribution in [0.4, 0.5) is 13.2 Å². The van der Waals surface area contributed by atoms with Crippen LogP contribution in [0, 0.1) is 5.92 Å². The Labute approximate surface area is 139 Å². The van der Waals surface area contributed by atoms with Crippen LogP contribution in [-0.4, -0.2) is 25.1 Å². The lowest BCUT2D eigenvalue weighted by atomic mass is 10.1. The molecule has 0 radical (unpaired) electrons. The number of nitrogens with one attached hydrogen (secondary N) is 1. The number of hydrogen-bond donors (Lipinski definition) is 2. The zero-order chi connectivity index (χ0) is 16.2. The van der Waals surface area contributed by atoms with Gasteiger partial charge in [0.25, 0.3) is 0 Å². The predicted octanol–water partition coefficient (Wildman–Crippen LogP) is 2.75. The summed E-state index contributed by atoms with van der Waals surface area (Å²) in [6.07, 6.45) is -1.99. The summed E-state index contributed by atoms with van der Waals surface area (Å²) >= 11 is 0. The molecule has 130 valence electrons. The van der Waals surface area contributed by atoms with Gasteiger partial charge in [-0.25, -0.2) is 0 Å². The first-order valence-electron chi connectivity index (χ1n) is 7.19. The van der Waals surface area contributed by atoms with Gasteiger partial charge >= 0.3 is 6.18 Å². The van der Waals surface area contributed by atoms with Gasteiger partial charge in [-0.3, -0.25) is 4.79 Å². The molecule has 1 amide bonds. The van der Waals surface area contributed by atoms with E-state index in [4.69, 9.17) is 10.5 Å². The quantitative estimate of drug-likeness (QED) is 0.801. The van der Waals surface area contributed by atoms with Crippen molar-refractivity contribution < 1.29 is 22.7 Å². The third-order valence-corrected chi connectivity index (χ3v) is 3.70. The van der Waals surface area contributed by atoms with E-state index in [0.717, 1.165) is 25.0 Å². The number of rotatable bonds is 5. The topological polar surface area (TPSA) is 64.4 Å². The molecule has 1 aliphatic carbocycles. The third kappa shape index (κ3) is 5.91. The number of carbonyl (C=O) groups is 1. The van der Waals surface area contributed by atoms with Crippen LogP contribution < -0.4 is 15.8 Å². The van der Waals surface area contributed by atoms with Gasteiger partial charge in [-0.15, -0.1) is 12.4 Å². The molecule has 0 spiro atoms. The Hall–Kier alpha value is -1.47. The highest BCUT2D eigenvalue weighted by molar-refractivity contribution is 5.85. The molecule has 0 aliphatic heterocycles. The Morgan fingerprint density at radius 3 is 2.43 bits per heavy atom. The van der Waals surface area contributed by atoms with E-state index in [1.807, 2.05) is 0 Å². The van der Waals surface area contributed by atoms with Gasteiger partial charge in [-0.2, -0.15) is 13.2 Å². The second kappa shape index (κ2) is 8.40. The Balaban J connectivity index is 0.00000264. The maximum absolute atomic E-state index is 12.4. The number of carbonyl (C=O) groups excluding carboxylic acids is 1. The Kier molecular flexibility index (Phi) is 7.15. The SMILES string of the molecule is Cl.NC1CCC(C(=O)NCCOc2ccc(C(F)(F)F)cc2)C1. The molecule has 23 heavy (non-hydrogen) atoms. The van der Waals surface area contributed by atoms with Crippen molar-refractivity contribution in [1.29, 1.82) is 0 Å². The summed E-state index contributed by atoms with van der Waals surface area (Å²) in [5.74, 6) is 0.259. The van der Waals surface area contributed by atoms with Crippen LogP contribution in [0.5, 0.6) is 5.75 Å². The summed E-state index contributed by atoms with van der Waals surface area (Å²) in [4.78, 5) is 11.8. The number of ether oxygens (including phenoxy) is 1. The molecule has 2 rings (SSSR count). The summed E-state index contributed by atoms with van der Waals surface area (Å²) in [6.45, 7) is 0.515.